The molecule has 0 bridgehead atoms. The van der Waals surface area contributed by atoms with Gasteiger partial charge >= 0.3 is 0 Å². The molecule has 1 aromatic carbocycles. The monoisotopic (exact) mass is 237 g/mol. The predicted molar refractivity (Wildman–Crippen MR) is 67.1 cm³/mol. The van der Waals surface area contributed by atoms with E-state index in [1.165, 1.54) is 6.07 Å². The molecule has 0 aliphatic rings. The first-order valence-electron chi connectivity index (χ1n) is 6.07. The van der Waals surface area contributed by atoms with Gasteiger partial charge in [0, 0.05) is 12.5 Å². The minimum absolute atomic E-state index is 0.0234. The van der Waals surface area contributed by atoms with Gasteiger partial charge in [0.05, 0.1) is 0 Å². The fourth-order valence-corrected chi connectivity index (χ4v) is 1.67. The molecule has 0 radical (unpaired) electrons. The Bertz CT molecular complexity index is 390. The Kier molecular flexibility index (Phi) is 5.13. The SMILES string of the molecule is CCCC(C)C(=O)NCc1ccc(C)c(F)c1. The van der Waals surface area contributed by atoms with Crippen molar-refractivity contribution in [3.8, 4) is 0 Å². The van der Waals surface area contributed by atoms with Gasteiger partial charge in [-0.1, -0.05) is 32.4 Å². The van der Waals surface area contributed by atoms with Gasteiger partial charge in [-0.25, -0.2) is 4.39 Å². The second-order valence-electron chi connectivity index (χ2n) is 4.49. The number of carbonyl (C=O) groups is 1. The molecule has 2 nitrogen and oxygen atoms in total. The lowest BCUT2D eigenvalue weighted by atomic mass is 10.1. The first kappa shape index (κ1) is 13.7. The fourth-order valence-electron chi connectivity index (χ4n) is 1.67. The van der Waals surface area contributed by atoms with Crippen molar-refractivity contribution in [1.82, 2.24) is 5.32 Å². The minimum atomic E-state index is -0.224. The number of hydrogen-bond acceptors (Lipinski definition) is 1. The van der Waals surface area contributed by atoms with Crippen LogP contribution in [0, 0.1) is 18.7 Å². The third-order valence-corrected chi connectivity index (χ3v) is 2.87. The first-order valence-corrected chi connectivity index (χ1v) is 6.07. The smallest absolute Gasteiger partial charge is 0.223 e. The molecule has 0 aliphatic carbocycles. The van der Waals surface area contributed by atoms with E-state index in [1.54, 1.807) is 13.0 Å². The summed E-state index contributed by atoms with van der Waals surface area (Å²) in [5.74, 6) is -0.165. The van der Waals surface area contributed by atoms with Crippen molar-refractivity contribution in [2.24, 2.45) is 5.92 Å². The average molecular weight is 237 g/mol. The van der Waals surface area contributed by atoms with Gasteiger partial charge < -0.3 is 5.32 Å². The van der Waals surface area contributed by atoms with Crippen molar-refractivity contribution < 1.29 is 9.18 Å². The maximum atomic E-state index is 13.3. The van der Waals surface area contributed by atoms with Crippen molar-refractivity contribution >= 4 is 5.91 Å². The van der Waals surface area contributed by atoms with Crippen molar-refractivity contribution in [2.45, 2.75) is 40.2 Å². The van der Waals surface area contributed by atoms with E-state index in [9.17, 15) is 9.18 Å². The molecule has 1 aromatic rings. The van der Waals surface area contributed by atoms with Gasteiger partial charge in [0.1, 0.15) is 5.82 Å². The average Bonchev–Trinajstić information content (AvgIpc) is 2.30. The van der Waals surface area contributed by atoms with Crippen LogP contribution < -0.4 is 5.32 Å². The second-order valence-corrected chi connectivity index (χ2v) is 4.49. The van der Waals surface area contributed by atoms with E-state index in [0.29, 0.717) is 12.1 Å². The summed E-state index contributed by atoms with van der Waals surface area (Å²) < 4.78 is 13.3. The van der Waals surface area contributed by atoms with Gasteiger partial charge in [-0.05, 0) is 30.5 Å². The van der Waals surface area contributed by atoms with Crippen LogP contribution in [-0.2, 0) is 11.3 Å². The molecule has 0 aromatic heterocycles. The van der Waals surface area contributed by atoms with E-state index in [2.05, 4.69) is 12.2 Å². The van der Waals surface area contributed by atoms with Gasteiger partial charge in [-0.15, -0.1) is 0 Å². The third-order valence-electron chi connectivity index (χ3n) is 2.87. The van der Waals surface area contributed by atoms with Gasteiger partial charge in [0.2, 0.25) is 5.91 Å². The molecule has 1 atom stereocenters. The van der Waals surface area contributed by atoms with E-state index in [4.69, 9.17) is 0 Å². The summed E-state index contributed by atoms with van der Waals surface area (Å²) in [5.41, 5.74) is 1.42. The number of nitrogens with one attached hydrogen (secondary N) is 1. The van der Waals surface area contributed by atoms with Crippen LogP contribution in [-0.4, -0.2) is 5.91 Å². The molecule has 17 heavy (non-hydrogen) atoms. The van der Waals surface area contributed by atoms with Gasteiger partial charge in [-0.2, -0.15) is 0 Å². The molecular weight excluding hydrogens is 217 g/mol. The van der Waals surface area contributed by atoms with E-state index >= 15 is 0 Å². The number of benzene rings is 1. The van der Waals surface area contributed by atoms with Crippen LogP contribution in [0.25, 0.3) is 0 Å². The predicted octanol–water partition coefficient (Wildman–Crippen LogP) is 3.19. The molecule has 1 rings (SSSR count). The zero-order valence-electron chi connectivity index (χ0n) is 10.7. The van der Waals surface area contributed by atoms with Crippen LogP contribution >= 0.6 is 0 Å². The van der Waals surface area contributed by atoms with Gasteiger partial charge in [0.25, 0.3) is 0 Å². The number of hydrogen-bond donors (Lipinski definition) is 1. The largest absolute Gasteiger partial charge is 0.352 e. The summed E-state index contributed by atoms with van der Waals surface area (Å²) in [7, 11) is 0. The highest BCUT2D eigenvalue weighted by atomic mass is 19.1. The molecule has 0 saturated heterocycles. The molecule has 1 N–H and O–H groups in total. The third kappa shape index (κ3) is 4.17. The zero-order chi connectivity index (χ0) is 12.8. The zero-order valence-corrected chi connectivity index (χ0v) is 10.7. The molecule has 1 unspecified atom stereocenters. The molecule has 0 heterocycles. The molecule has 94 valence electrons. The lowest BCUT2D eigenvalue weighted by Gasteiger charge is -2.11. The Balaban J connectivity index is 2.50. The van der Waals surface area contributed by atoms with Crippen molar-refractivity contribution in [3.05, 3.63) is 35.1 Å². The highest BCUT2D eigenvalue weighted by Gasteiger charge is 2.11. The maximum Gasteiger partial charge on any atom is 0.223 e. The summed E-state index contributed by atoms with van der Waals surface area (Å²) in [5, 5.41) is 2.82. The molecule has 1 amide bonds. The summed E-state index contributed by atoms with van der Waals surface area (Å²) in [6.45, 7) is 6.08. The molecular formula is C14H20FNO. The maximum absolute atomic E-state index is 13.3. The van der Waals surface area contributed by atoms with E-state index in [0.717, 1.165) is 18.4 Å². The topological polar surface area (TPSA) is 29.1 Å². The number of aryl methyl sites for hydroxylation is 1. The highest BCUT2D eigenvalue weighted by molar-refractivity contribution is 5.78. The van der Waals surface area contributed by atoms with Crippen molar-refractivity contribution in [1.29, 1.82) is 0 Å². The van der Waals surface area contributed by atoms with E-state index in [-0.39, 0.29) is 17.6 Å². The quantitative estimate of drug-likeness (QED) is 0.837. The lowest BCUT2D eigenvalue weighted by molar-refractivity contribution is -0.124. The van der Waals surface area contributed by atoms with Crippen molar-refractivity contribution in [2.75, 3.05) is 0 Å². The van der Waals surface area contributed by atoms with Crippen LogP contribution in [0.5, 0.6) is 0 Å². The van der Waals surface area contributed by atoms with E-state index < -0.39 is 0 Å². The molecule has 0 spiro atoms. The van der Waals surface area contributed by atoms with Crippen LogP contribution in [0.2, 0.25) is 0 Å². The number of carbonyl (C=O) groups excluding carboxylic acids is 1. The Morgan fingerprint density at radius 1 is 1.47 bits per heavy atom. The number of rotatable bonds is 5. The molecule has 0 aliphatic heterocycles. The first-order chi connectivity index (χ1) is 8.04. The standard InChI is InChI=1S/C14H20FNO/c1-4-5-11(3)14(17)16-9-12-7-6-10(2)13(15)8-12/h6-8,11H,4-5,9H2,1-3H3,(H,16,17). The Morgan fingerprint density at radius 3 is 2.76 bits per heavy atom. The van der Waals surface area contributed by atoms with Crippen LogP contribution in [0.15, 0.2) is 18.2 Å². The van der Waals surface area contributed by atoms with Crippen LogP contribution in [0.3, 0.4) is 0 Å². The second kappa shape index (κ2) is 6.38. The van der Waals surface area contributed by atoms with Crippen LogP contribution in [0.4, 0.5) is 4.39 Å². The normalized spacial score (nSPS) is 12.2. The summed E-state index contributed by atoms with van der Waals surface area (Å²) >= 11 is 0. The minimum Gasteiger partial charge on any atom is -0.352 e. The molecule has 3 heteroatoms. The van der Waals surface area contributed by atoms with Crippen LogP contribution in [0.1, 0.15) is 37.8 Å². The highest BCUT2D eigenvalue weighted by Crippen LogP contribution is 2.10. The Hall–Kier alpha value is -1.38. The molecule has 0 fully saturated rings. The number of halogens is 1. The summed E-state index contributed by atoms with van der Waals surface area (Å²) in [4.78, 5) is 11.7. The summed E-state index contributed by atoms with van der Waals surface area (Å²) in [6, 6.07) is 5.04. The molecule has 0 saturated carbocycles. The number of amides is 1. The van der Waals surface area contributed by atoms with Gasteiger partial charge in [0.15, 0.2) is 0 Å². The van der Waals surface area contributed by atoms with Gasteiger partial charge in [-0.3, -0.25) is 4.79 Å². The van der Waals surface area contributed by atoms with E-state index in [1.807, 2.05) is 13.0 Å². The fraction of sp³-hybridized carbons (Fsp3) is 0.500. The Morgan fingerprint density at radius 2 is 2.18 bits per heavy atom. The Labute approximate surface area is 102 Å². The lowest BCUT2D eigenvalue weighted by Crippen LogP contribution is -2.28. The summed E-state index contributed by atoms with van der Waals surface area (Å²) in [6.07, 6.45) is 1.88. The van der Waals surface area contributed by atoms with Crippen molar-refractivity contribution in [3.63, 3.8) is 0 Å².